The number of hydrogen-bond donors (Lipinski definition) is 3. The number of urea groups is 1. The van der Waals surface area contributed by atoms with Gasteiger partial charge >= 0.3 is 12.2 Å². The van der Waals surface area contributed by atoms with Gasteiger partial charge < -0.3 is 5.32 Å². The molecule has 1 fully saturated rings. The molecule has 1 atom stereocenters. The number of carbonyl (C=O) groups excluding carboxylic acids is 3. The van der Waals surface area contributed by atoms with Gasteiger partial charge in [0.15, 0.2) is 9.84 Å². The average molecular weight is 528 g/mol. The quantitative estimate of drug-likeness (QED) is 0.275. The first-order valence-electron chi connectivity index (χ1n) is 10.7. The second-order valence-corrected chi connectivity index (χ2v) is 11.0. The van der Waals surface area contributed by atoms with Crippen molar-refractivity contribution in [1.82, 2.24) is 15.7 Å². The lowest BCUT2D eigenvalue weighted by atomic mass is 10.0. The Morgan fingerprint density at radius 3 is 2.03 bits per heavy atom. The van der Waals surface area contributed by atoms with Crippen molar-refractivity contribution in [2.75, 3.05) is 12.3 Å². The summed E-state index contributed by atoms with van der Waals surface area (Å²) in [6.45, 7) is 2.53. The van der Waals surface area contributed by atoms with Crippen LogP contribution in [0.4, 0.5) is 18.0 Å². The Morgan fingerprint density at radius 2 is 1.58 bits per heavy atom. The lowest BCUT2D eigenvalue weighted by Gasteiger charge is -2.21. The summed E-state index contributed by atoms with van der Waals surface area (Å²) in [7, 11) is -3.92. The second kappa shape index (κ2) is 9.90. The number of nitrogens with one attached hydrogen (secondary N) is 2. The van der Waals surface area contributed by atoms with E-state index in [1.807, 2.05) is 0 Å². The zero-order valence-electron chi connectivity index (χ0n) is 19.3. The first-order chi connectivity index (χ1) is 16.7. The van der Waals surface area contributed by atoms with E-state index in [1.165, 1.54) is 55.7 Å². The maximum Gasteiger partial charge on any atom is 0.416 e. The van der Waals surface area contributed by atoms with E-state index in [4.69, 9.17) is 5.21 Å². The molecule has 1 aliphatic rings. The Kier molecular flexibility index (Phi) is 7.46. The first-order valence-corrected chi connectivity index (χ1v) is 12.4. The van der Waals surface area contributed by atoms with Crippen LogP contribution in [0.2, 0.25) is 0 Å². The van der Waals surface area contributed by atoms with Crippen molar-refractivity contribution < 1.29 is 41.2 Å². The van der Waals surface area contributed by atoms with Gasteiger partial charge in [0.1, 0.15) is 5.54 Å². The van der Waals surface area contributed by atoms with Gasteiger partial charge in [0, 0.05) is 6.54 Å². The number of sulfone groups is 1. The summed E-state index contributed by atoms with van der Waals surface area (Å²) in [5, 5.41) is 11.5. The van der Waals surface area contributed by atoms with Crippen molar-refractivity contribution in [1.29, 1.82) is 0 Å². The van der Waals surface area contributed by atoms with Gasteiger partial charge in [-0.3, -0.25) is 19.7 Å². The second-order valence-electron chi connectivity index (χ2n) is 8.85. The van der Waals surface area contributed by atoms with E-state index < -0.39 is 63.2 Å². The van der Waals surface area contributed by atoms with Gasteiger partial charge in [0.2, 0.25) is 5.91 Å². The minimum atomic E-state index is -4.47. The number of amides is 4. The smallest absolute Gasteiger partial charge is 0.324 e. The molecule has 2 aromatic carbocycles. The Hall–Kier alpha value is -3.45. The van der Waals surface area contributed by atoms with Gasteiger partial charge in [-0.05, 0) is 55.7 Å². The third-order valence-corrected chi connectivity index (χ3v) is 7.59. The highest BCUT2D eigenvalue weighted by Gasteiger charge is 2.45. The molecule has 1 saturated heterocycles. The van der Waals surface area contributed by atoms with E-state index in [-0.39, 0.29) is 11.3 Å². The van der Waals surface area contributed by atoms with Crippen molar-refractivity contribution >= 4 is 27.7 Å². The molecule has 194 valence electrons. The van der Waals surface area contributed by atoms with Gasteiger partial charge in [-0.2, -0.15) is 13.2 Å². The summed E-state index contributed by atoms with van der Waals surface area (Å²) in [6, 6.07) is 9.17. The van der Waals surface area contributed by atoms with E-state index in [1.54, 1.807) is 0 Å². The predicted octanol–water partition coefficient (Wildman–Crippen LogP) is 2.99. The summed E-state index contributed by atoms with van der Waals surface area (Å²) < 4.78 is 63.9. The van der Waals surface area contributed by atoms with Gasteiger partial charge in [0.05, 0.1) is 22.1 Å². The topological polar surface area (TPSA) is 133 Å². The number of rotatable bonds is 8. The van der Waals surface area contributed by atoms with Gasteiger partial charge in [-0.1, -0.05) is 24.3 Å². The van der Waals surface area contributed by atoms with E-state index in [9.17, 15) is 36.0 Å². The molecule has 0 aromatic heterocycles. The van der Waals surface area contributed by atoms with Crippen molar-refractivity contribution in [3.8, 4) is 11.1 Å². The fourth-order valence-corrected chi connectivity index (χ4v) is 5.10. The molecule has 9 nitrogen and oxygen atoms in total. The molecule has 13 heteroatoms. The van der Waals surface area contributed by atoms with E-state index >= 15 is 0 Å². The van der Waals surface area contributed by atoms with Crippen molar-refractivity contribution in [3.05, 3.63) is 54.1 Å². The zero-order chi connectivity index (χ0) is 26.9. The fraction of sp³-hybridized carbons (Fsp3) is 0.348. The highest BCUT2D eigenvalue weighted by molar-refractivity contribution is 7.91. The van der Waals surface area contributed by atoms with Gasteiger partial charge in [-0.15, -0.1) is 0 Å². The minimum Gasteiger partial charge on any atom is -0.324 e. The third-order valence-electron chi connectivity index (χ3n) is 5.82. The highest BCUT2D eigenvalue weighted by Crippen LogP contribution is 2.31. The molecule has 1 heterocycles. The molecule has 0 bridgehead atoms. The number of carbonyl (C=O) groups is 3. The van der Waals surface area contributed by atoms with Gasteiger partial charge in [0.25, 0.3) is 5.91 Å². The largest absolute Gasteiger partial charge is 0.416 e. The third kappa shape index (κ3) is 5.85. The van der Waals surface area contributed by atoms with E-state index in [0.717, 1.165) is 17.0 Å². The van der Waals surface area contributed by atoms with Gasteiger partial charge in [-0.25, -0.2) is 18.7 Å². The zero-order valence-corrected chi connectivity index (χ0v) is 20.1. The number of nitrogens with zero attached hydrogens (tertiary/aromatic N) is 1. The van der Waals surface area contributed by atoms with Crippen molar-refractivity contribution in [2.45, 2.75) is 36.9 Å². The molecular formula is C23H24F3N3O6S. The molecule has 0 spiro atoms. The van der Waals surface area contributed by atoms with Crippen molar-refractivity contribution in [3.63, 3.8) is 0 Å². The molecule has 2 aromatic rings. The van der Waals surface area contributed by atoms with Crippen LogP contribution < -0.4 is 10.8 Å². The maximum atomic E-state index is 12.8. The lowest BCUT2D eigenvalue weighted by Crippen LogP contribution is -2.43. The lowest BCUT2D eigenvalue weighted by molar-refractivity contribution is -0.138. The molecule has 0 aliphatic carbocycles. The minimum absolute atomic E-state index is 0.0857. The van der Waals surface area contributed by atoms with Crippen LogP contribution in [0, 0.1) is 5.92 Å². The standard InChI is InChI=1S/C23H24F3N3O6S/c1-22(2)20(31)29(21(32)27-22)13-16(19(30)28-33)11-12-36(34,35)18-9-5-15(6-10-18)14-3-7-17(8-4-14)23(24,25)26/h3-10,16,33H,11-13H2,1-2H3,(H,27,32)(H,28,30). The Bertz CT molecular complexity index is 1260. The Morgan fingerprint density at radius 1 is 1.06 bits per heavy atom. The predicted molar refractivity (Wildman–Crippen MR) is 121 cm³/mol. The van der Waals surface area contributed by atoms with Crippen LogP contribution in [-0.2, 0) is 25.6 Å². The van der Waals surface area contributed by atoms with Crippen LogP contribution in [-0.4, -0.2) is 54.2 Å². The summed E-state index contributed by atoms with van der Waals surface area (Å²) in [5.74, 6) is -3.27. The molecular weight excluding hydrogens is 503 g/mol. The van der Waals surface area contributed by atoms with Crippen LogP contribution in [0.1, 0.15) is 25.8 Å². The number of benzene rings is 2. The molecule has 4 amide bonds. The summed E-state index contributed by atoms with van der Waals surface area (Å²) in [5.41, 5.74) is 0.408. The van der Waals surface area contributed by atoms with Crippen LogP contribution in [0.5, 0.6) is 0 Å². The monoisotopic (exact) mass is 527 g/mol. The number of hydrogen-bond acceptors (Lipinski definition) is 6. The summed E-state index contributed by atoms with van der Waals surface area (Å²) in [4.78, 5) is 37.3. The summed E-state index contributed by atoms with van der Waals surface area (Å²) in [6.07, 6.45) is -4.77. The SMILES string of the molecule is CC1(C)NC(=O)N(CC(CCS(=O)(=O)c2ccc(-c3ccc(C(F)(F)F)cc3)cc2)C(=O)NO)C1=O. The Balaban J connectivity index is 1.72. The Labute approximate surface area is 205 Å². The van der Waals surface area contributed by atoms with E-state index in [2.05, 4.69) is 5.32 Å². The number of alkyl halides is 3. The van der Waals surface area contributed by atoms with Crippen LogP contribution in [0.3, 0.4) is 0 Å². The fourth-order valence-electron chi connectivity index (χ4n) is 3.72. The molecule has 0 saturated carbocycles. The number of imide groups is 1. The van der Waals surface area contributed by atoms with Crippen molar-refractivity contribution in [2.24, 2.45) is 5.92 Å². The van der Waals surface area contributed by atoms with Crippen LogP contribution >= 0.6 is 0 Å². The van der Waals surface area contributed by atoms with E-state index in [0.29, 0.717) is 11.1 Å². The summed E-state index contributed by atoms with van der Waals surface area (Å²) >= 11 is 0. The van der Waals surface area contributed by atoms with Crippen LogP contribution in [0.25, 0.3) is 11.1 Å². The maximum absolute atomic E-state index is 12.8. The molecule has 1 aliphatic heterocycles. The molecule has 3 rings (SSSR count). The molecule has 0 radical (unpaired) electrons. The normalized spacial score (nSPS) is 16.6. The average Bonchev–Trinajstić information content (AvgIpc) is 3.01. The molecule has 1 unspecified atom stereocenters. The molecule has 36 heavy (non-hydrogen) atoms. The van der Waals surface area contributed by atoms with Crippen LogP contribution in [0.15, 0.2) is 53.4 Å². The molecule has 3 N–H and O–H groups in total. The highest BCUT2D eigenvalue weighted by atomic mass is 32.2. The first kappa shape index (κ1) is 27.1. The number of hydroxylamine groups is 1. The number of halogens is 3.